The van der Waals surface area contributed by atoms with Gasteiger partial charge in [0.25, 0.3) is 0 Å². The Balaban J connectivity index is 2.23. The normalized spacial score (nSPS) is 26.9. The molecule has 2 unspecified atom stereocenters. The Morgan fingerprint density at radius 1 is 1.56 bits per heavy atom. The number of nitrogens with one attached hydrogen (secondary N) is 1. The first-order valence-electron chi connectivity index (χ1n) is 5.36. The molecule has 1 N–H and O–H groups in total. The minimum absolute atomic E-state index is 0.0221. The van der Waals surface area contributed by atoms with Gasteiger partial charge in [0, 0.05) is 12.6 Å². The van der Waals surface area contributed by atoms with Crippen LogP contribution in [0.2, 0.25) is 0 Å². The zero-order valence-corrected chi connectivity index (χ0v) is 9.47. The first-order chi connectivity index (χ1) is 7.74. The maximum absolute atomic E-state index is 12.2. The second kappa shape index (κ2) is 4.67. The number of ether oxygens (including phenoxy) is 1. The number of hydrogen-bond acceptors (Lipinski definition) is 4. The molecule has 5 nitrogen and oxygen atoms in total. The topological polar surface area (TPSA) is 54.7 Å². The molecule has 0 aromatic carbocycles. The Morgan fingerprint density at radius 2 is 2.38 bits per heavy atom. The van der Waals surface area contributed by atoms with E-state index in [9.17, 15) is 4.79 Å². The molecule has 0 saturated carbocycles. The van der Waals surface area contributed by atoms with Gasteiger partial charge >= 0.3 is 0 Å². The number of amides is 1. The molecule has 0 spiro atoms. The maximum Gasteiger partial charge on any atom is 0.246 e. The summed E-state index contributed by atoms with van der Waals surface area (Å²) in [6.45, 7) is 3.00. The minimum Gasteiger partial charge on any atom is -0.470 e. The minimum atomic E-state index is -0.308. The van der Waals surface area contributed by atoms with E-state index >= 15 is 0 Å². The number of nitrogens with zero attached hydrogens (tertiary/aromatic N) is 1. The van der Waals surface area contributed by atoms with Crippen LogP contribution in [0, 0.1) is 0 Å². The Bertz CT molecular complexity index is 350. The smallest absolute Gasteiger partial charge is 0.246 e. The van der Waals surface area contributed by atoms with Crippen LogP contribution in [0.5, 0.6) is 0 Å². The molecule has 1 aromatic heterocycles. The highest BCUT2D eigenvalue weighted by atomic mass is 16.5. The van der Waals surface area contributed by atoms with Crippen molar-refractivity contribution in [3.05, 3.63) is 18.6 Å². The molecule has 0 radical (unpaired) electrons. The van der Waals surface area contributed by atoms with Crippen LogP contribution in [0.4, 0.5) is 5.69 Å². The van der Waals surface area contributed by atoms with Crippen LogP contribution in [0.3, 0.4) is 0 Å². The van der Waals surface area contributed by atoms with Gasteiger partial charge in [-0.3, -0.25) is 4.79 Å². The zero-order chi connectivity index (χ0) is 11.5. The van der Waals surface area contributed by atoms with Crippen molar-refractivity contribution in [1.29, 1.82) is 0 Å². The summed E-state index contributed by atoms with van der Waals surface area (Å²) in [5.41, 5.74) is 0.781. The van der Waals surface area contributed by atoms with Gasteiger partial charge in [-0.15, -0.1) is 0 Å². The quantitative estimate of drug-likeness (QED) is 0.800. The van der Waals surface area contributed by atoms with E-state index in [0.717, 1.165) is 5.69 Å². The number of anilines is 1. The Kier molecular flexibility index (Phi) is 3.26. The molecule has 0 aliphatic carbocycles. The lowest BCUT2D eigenvalue weighted by molar-refractivity contribution is -0.122. The summed E-state index contributed by atoms with van der Waals surface area (Å²) in [7, 11) is 1.77. The van der Waals surface area contributed by atoms with Crippen LogP contribution in [0.1, 0.15) is 6.92 Å². The van der Waals surface area contributed by atoms with E-state index in [1.165, 1.54) is 0 Å². The van der Waals surface area contributed by atoms with E-state index in [4.69, 9.17) is 9.15 Å². The van der Waals surface area contributed by atoms with E-state index < -0.39 is 0 Å². The highest BCUT2D eigenvalue weighted by Gasteiger charge is 2.32. The van der Waals surface area contributed by atoms with Crippen molar-refractivity contribution >= 4 is 11.6 Å². The molecule has 88 valence electrons. The standard InChI is InChI=1S/C11H16N2O3/c1-8-10(12-2)11(14)13(4-6-16-8)9-3-5-15-7-9/h3,5,7-8,10,12H,4,6H2,1-2H3. The van der Waals surface area contributed by atoms with Gasteiger partial charge in [-0.2, -0.15) is 0 Å². The average Bonchev–Trinajstić information content (AvgIpc) is 2.74. The van der Waals surface area contributed by atoms with Crippen molar-refractivity contribution in [1.82, 2.24) is 5.32 Å². The van der Waals surface area contributed by atoms with Gasteiger partial charge < -0.3 is 19.4 Å². The van der Waals surface area contributed by atoms with Gasteiger partial charge in [0.1, 0.15) is 12.3 Å². The highest BCUT2D eigenvalue weighted by Crippen LogP contribution is 2.19. The fourth-order valence-electron chi connectivity index (χ4n) is 1.93. The van der Waals surface area contributed by atoms with Crippen molar-refractivity contribution in [2.75, 3.05) is 25.1 Å². The van der Waals surface area contributed by atoms with Gasteiger partial charge in [0.05, 0.1) is 24.7 Å². The lowest BCUT2D eigenvalue weighted by Gasteiger charge is -2.23. The molecule has 1 fully saturated rings. The van der Waals surface area contributed by atoms with E-state index in [1.807, 2.05) is 6.92 Å². The van der Waals surface area contributed by atoms with Crippen molar-refractivity contribution in [2.24, 2.45) is 0 Å². The van der Waals surface area contributed by atoms with Crippen LogP contribution in [-0.4, -0.2) is 38.3 Å². The van der Waals surface area contributed by atoms with E-state index in [1.54, 1.807) is 30.5 Å². The molecule has 1 amide bonds. The molecule has 16 heavy (non-hydrogen) atoms. The number of carbonyl (C=O) groups is 1. The third-order valence-corrected chi connectivity index (χ3v) is 2.83. The van der Waals surface area contributed by atoms with Gasteiger partial charge in [-0.05, 0) is 14.0 Å². The van der Waals surface area contributed by atoms with E-state index in [2.05, 4.69) is 5.32 Å². The van der Waals surface area contributed by atoms with E-state index in [0.29, 0.717) is 13.2 Å². The van der Waals surface area contributed by atoms with Crippen molar-refractivity contribution < 1.29 is 13.9 Å². The van der Waals surface area contributed by atoms with Crippen molar-refractivity contribution in [2.45, 2.75) is 19.1 Å². The maximum atomic E-state index is 12.2. The first-order valence-corrected chi connectivity index (χ1v) is 5.36. The van der Waals surface area contributed by atoms with Crippen LogP contribution in [0.25, 0.3) is 0 Å². The second-order valence-electron chi connectivity index (χ2n) is 3.81. The molecule has 1 aliphatic rings. The van der Waals surface area contributed by atoms with Crippen LogP contribution < -0.4 is 10.2 Å². The summed E-state index contributed by atoms with van der Waals surface area (Å²) in [5, 5.41) is 2.99. The molecule has 2 atom stereocenters. The first kappa shape index (κ1) is 11.2. The Labute approximate surface area is 94.4 Å². The molecular weight excluding hydrogens is 208 g/mol. The highest BCUT2D eigenvalue weighted by molar-refractivity contribution is 5.97. The molecular formula is C11H16N2O3. The van der Waals surface area contributed by atoms with Gasteiger partial charge in [0.15, 0.2) is 0 Å². The van der Waals surface area contributed by atoms with Crippen LogP contribution >= 0.6 is 0 Å². The van der Waals surface area contributed by atoms with Gasteiger partial charge in [-0.1, -0.05) is 0 Å². The molecule has 1 saturated heterocycles. The monoisotopic (exact) mass is 224 g/mol. The zero-order valence-electron chi connectivity index (χ0n) is 9.47. The predicted octanol–water partition coefficient (Wildman–Crippen LogP) is 0.619. The largest absolute Gasteiger partial charge is 0.470 e. The third kappa shape index (κ3) is 1.96. The Morgan fingerprint density at radius 3 is 3.00 bits per heavy atom. The fraction of sp³-hybridized carbons (Fsp3) is 0.545. The number of furan rings is 1. The van der Waals surface area contributed by atoms with Gasteiger partial charge in [0.2, 0.25) is 5.91 Å². The van der Waals surface area contributed by atoms with Crippen LogP contribution in [0.15, 0.2) is 23.0 Å². The molecule has 1 aliphatic heterocycles. The summed E-state index contributed by atoms with van der Waals surface area (Å²) in [6.07, 6.45) is 3.02. The van der Waals surface area contributed by atoms with Gasteiger partial charge in [-0.25, -0.2) is 0 Å². The number of hydrogen-bond donors (Lipinski definition) is 1. The summed E-state index contributed by atoms with van der Waals surface area (Å²) in [5.74, 6) is 0.0221. The number of rotatable bonds is 2. The lowest BCUT2D eigenvalue weighted by Crippen LogP contribution is -2.49. The van der Waals surface area contributed by atoms with E-state index in [-0.39, 0.29) is 18.1 Å². The fourth-order valence-corrected chi connectivity index (χ4v) is 1.93. The average molecular weight is 224 g/mol. The number of carbonyl (C=O) groups excluding carboxylic acids is 1. The second-order valence-corrected chi connectivity index (χ2v) is 3.81. The van der Waals surface area contributed by atoms with Crippen molar-refractivity contribution in [3.63, 3.8) is 0 Å². The molecule has 5 heteroatoms. The molecule has 2 heterocycles. The molecule has 0 bridgehead atoms. The summed E-state index contributed by atoms with van der Waals surface area (Å²) >= 11 is 0. The van der Waals surface area contributed by atoms with Crippen LogP contribution in [-0.2, 0) is 9.53 Å². The third-order valence-electron chi connectivity index (χ3n) is 2.83. The van der Waals surface area contributed by atoms with Crippen molar-refractivity contribution in [3.8, 4) is 0 Å². The lowest BCUT2D eigenvalue weighted by atomic mass is 10.1. The summed E-state index contributed by atoms with van der Waals surface area (Å²) < 4.78 is 10.5. The SMILES string of the molecule is CNC1C(=O)N(c2ccoc2)CCOC1C. The molecule has 1 aromatic rings. The summed E-state index contributed by atoms with van der Waals surface area (Å²) in [4.78, 5) is 13.9. The number of likely N-dealkylation sites (N-methyl/N-ethyl adjacent to an activating group) is 1. The Hall–Kier alpha value is -1.33. The summed E-state index contributed by atoms with van der Waals surface area (Å²) in [6, 6.07) is 1.47. The molecule has 2 rings (SSSR count). The predicted molar refractivity (Wildman–Crippen MR) is 59.3 cm³/mol.